The minimum Gasteiger partial charge on any atom is -0.322 e. The smallest absolute Gasteiger partial charge is 0.320 e. The monoisotopic (exact) mass is 285 g/mol. The Morgan fingerprint density at radius 1 is 1.50 bits per heavy atom. The molecule has 1 aromatic rings. The van der Waals surface area contributed by atoms with Gasteiger partial charge in [0.1, 0.15) is 6.04 Å². The number of amides is 2. The number of hydrogen-bond acceptors (Lipinski definition) is 2. The fourth-order valence-electron chi connectivity index (χ4n) is 1.37. The molecule has 96 valence electrons. The molecule has 0 aliphatic carbocycles. The van der Waals surface area contributed by atoms with Crippen molar-refractivity contribution in [2.45, 2.75) is 25.8 Å². The molecule has 2 amide bonds. The molecule has 0 fully saturated rings. The summed E-state index contributed by atoms with van der Waals surface area (Å²) in [5.41, 5.74) is 0.412. The summed E-state index contributed by atoms with van der Waals surface area (Å²) in [6.07, 6.45) is 1.42. The van der Waals surface area contributed by atoms with Crippen LogP contribution < -0.4 is 10.6 Å². The first-order valence-electron chi connectivity index (χ1n) is 5.49. The Morgan fingerprint density at radius 2 is 2.22 bits per heavy atom. The van der Waals surface area contributed by atoms with Crippen LogP contribution in [0, 0.1) is 11.3 Å². The molecule has 0 aliphatic heterocycles. The van der Waals surface area contributed by atoms with E-state index in [1.807, 2.05) is 13.0 Å². The molecule has 0 spiro atoms. The highest BCUT2D eigenvalue weighted by Crippen LogP contribution is 2.25. The van der Waals surface area contributed by atoms with Crippen LogP contribution >= 0.6 is 23.2 Å². The average molecular weight is 286 g/mol. The predicted molar refractivity (Wildman–Crippen MR) is 72.9 cm³/mol. The van der Waals surface area contributed by atoms with Crippen molar-refractivity contribution in [1.82, 2.24) is 5.32 Å². The van der Waals surface area contributed by atoms with Crippen LogP contribution in [-0.4, -0.2) is 12.1 Å². The molecule has 1 unspecified atom stereocenters. The molecule has 0 bridgehead atoms. The summed E-state index contributed by atoms with van der Waals surface area (Å²) in [7, 11) is 0. The van der Waals surface area contributed by atoms with Crippen LogP contribution in [0.4, 0.5) is 10.5 Å². The average Bonchev–Trinajstić information content (AvgIpc) is 2.33. The van der Waals surface area contributed by atoms with Crippen LogP contribution in [0.3, 0.4) is 0 Å². The van der Waals surface area contributed by atoms with E-state index in [0.29, 0.717) is 22.2 Å². The lowest BCUT2D eigenvalue weighted by atomic mass is 10.2. The number of anilines is 1. The van der Waals surface area contributed by atoms with Crippen molar-refractivity contribution in [3.05, 3.63) is 28.2 Å². The lowest BCUT2D eigenvalue weighted by Crippen LogP contribution is -2.37. The Morgan fingerprint density at radius 3 is 2.83 bits per heavy atom. The van der Waals surface area contributed by atoms with Crippen molar-refractivity contribution in [2.75, 3.05) is 5.32 Å². The summed E-state index contributed by atoms with van der Waals surface area (Å²) in [5.74, 6) is 0. The molecule has 1 aromatic carbocycles. The van der Waals surface area contributed by atoms with Gasteiger partial charge in [0.15, 0.2) is 0 Å². The van der Waals surface area contributed by atoms with Gasteiger partial charge < -0.3 is 10.6 Å². The topological polar surface area (TPSA) is 64.9 Å². The molecule has 18 heavy (non-hydrogen) atoms. The van der Waals surface area contributed by atoms with Crippen LogP contribution in [0.25, 0.3) is 0 Å². The summed E-state index contributed by atoms with van der Waals surface area (Å²) < 4.78 is 0. The number of halogens is 2. The van der Waals surface area contributed by atoms with Gasteiger partial charge >= 0.3 is 6.03 Å². The number of carbonyl (C=O) groups excluding carboxylic acids is 1. The normalized spacial score (nSPS) is 11.4. The predicted octanol–water partition coefficient (Wildman–Crippen LogP) is 3.81. The van der Waals surface area contributed by atoms with E-state index in [0.717, 1.165) is 6.42 Å². The van der Waals surface area contributed by atoms with Crippen molar-refractivity contribution in [3.8, 4) is 6.07 Å². The molecule has 0 radical (unpaired) electrons. The molecule has 0 saturated heterocycles. The second kappa shape index (κ2) is 7.10. The third kappa shape index (κ3) is 4.44. The van der Waals surface area contributed by atoms with E-state index in [1.54, 1.807) is 18.2 Å². The minimum absolute atomic E-state index is 0.388. The van der Waals surface area contributed by atoms with Crippen molar-refractivity contribution in [1.29, 1.82) is 5.26 Å². The first-order valence-corrected chi connectivity index (χ1v) is 6.24. The highest BCUT2D eigenvalue weighted by atomic mass is 35.5. The first kappa shape index (κ1) is 14.6. The number of hydrogen-bond donors (Lipinski definition) is 2. The molecule has 0 heterocycles. The van der Waals surface area contributed by atoms with E-state index in [-0.39, 0.29) is 0 Å². The van der Waals surface area contributed by atoms with E-state index >= 15 is 0 Å². The van der Waals surface area contributed by atoms with Crippen molar-refractivity contribution < 1.29 is 4.79 Å². The number of nitriles is 1. The van der Waals surface area contributed by atoms with Gasteiger partial charge in [-0.05, 0) is 24.6 Å². The Labute approximate surface area is 116 Å². The van der Waals surface area contributed by atoms with Gasteiger partial charge in [0.2, 0.25) is 0 Å². The van der Waals surface area contributed by atoms with Gasteiger partial charge in [0.25, 0.3) is 0 Å². The molecule has 1 atom stereocenters. The lowest BCUT2D eigenvalue weighted by Gasteiger charge is -2.12. The second-order valence-corrected chi connectivity index (χ2v) is 4.54. The molecular weight excluding hydrogens is 273 g/mol. The summed E-state index contributed by atoms with van der Waals surface area (Å²) in [6.45, 7) is 1.94. The zero-order valence-electron chi connectivity index (χ0n) is 9.84. The van der Waals surface area contributed by atoms with Crippen LogP contribution in [-0.2, 0) is 0 Å². The fraction of sp³-hybridized carbons (Fsp3) is 0.333. The summed E-state index contributed by atoms with van der Waals surface area (Å²) in [6, 6.07) is 5.80. The lowest BCUT2D eigenvalue weighted by molar-refractivity contribution is 0.250. The summed E-state index contributed by atoms with van der Waals surface area (Å²) in [4.78, 5) is 11.6. The zero-order valence-corrected chi connectivity index (χ0v) is 11.3. The quantitative estimate of drug-likeness (QED) is 0.884. The Balaban J connectivity index is 2.64. The van der Waals surface area contributed by atoms with E-state index < -0.39 is 12.1 Å². The molecule has 1 rings (SSSR count). The van der Waals surface area contributed by atoms with Gasteiger partial charge in [-0.15, -0.1) is 0 Å². The van der Waals surface area contributed by atoms with Gasteiger partial charge in [-0.2, -0.15) is 5.26 Å². The van der Waals surface area contributed by atoms with Gasteiger partial charge in [-0.1, -0.05) is 36.5 Å². The van der Waals surface area contributed by atoms with Crippen molar-refractivity contribution in [2.24, 2.45) is 0 Å². The maximum absolute atomic E-state index is 11.6. The fourth-order valence-corrected chi connectivity index (χ4v) is 1.70. The van der Waals surface area contributed by atoms with Crippen molar-refractivity contribution >= 4 is 34.9 Å². The number of rotatable bonds is 4. The van der Waals surface area contributed by atoms with Crippen LogP contribution in [0.5, 0.6) is 0 Å². The molecule has 2 N–H and O–H groups in total. The van der Waals surface area contributed by atoms with E-state index in [1.165, 1.54) is 0 Å². The molecule has 6 heteroatoms. The van der Waals surface area contributed by atoms with Gasteiger partial charge in [-0.3, -0.25) is 0 Å². The number of carbonyl (C=O) groups is 1. The van der Waals surface area contributed by atoms with E-state index in [9.17, 15) is 4.79 Å². The summed E-state index contributed by atoms with van der Waals surface area (Å²) >= 11 is 11.7. The number of urea groups is 1. The van der Waals surface area contributed by atoms with E-state index in [4.69, 9.17) is 28.5 Å². The standard InChI is InChI=1S/C12H13Cl2N3O/c1-2-3-9(7-15)16-12(18)17-11-6-8(13)4-5-10(11)14/h4-6,9H,2-3H2,1H3,(H2,16,17,18). The summed E-state index contributed by atoms with van der Waals surface area (Å²) in [5, 5.41) is 14.8. The van der Waals surface area contributed by atoms with Gasteiger partial charge in [0, 0.05) is 5.02 Å². The molecule has 0 aromatic heterocycles. The Hall–Kier alpha value is -1.44. The van der Waals surface area contributed by atoms with E-state index in [2.05, 4.69) is 10.6 Å². The molecular formula is C12H13Cl2N3O. The van der Waals surface area contributed by atoms with Gasteiger partial charge in [-0.25, -0.2) is 4.79 Å². The third-order valence-electron chi connectivity index (χ3n) is 2.22. The maximum Gasteiger partial charge on any atom is 0.320 e. The largest absolute Gasteiger partial charge is 0.322 e. The molecule has 0 saturated carbocycles. The maximum atomic E-state index is 11.6. The SMILES string of the molecule is CCCC(C#N)NC(=O)Nc1cc(Cl)ccc1Cl. The van der Waals surface area contributed by atoms with Crippen LogP contribution in [0.1, 0.15) is 19.8 Å². The first-order chi connectivity index (χ1) is 8.56. The number of nitrogens with zero attached hydrogens (tertiary/aromatic N) is 1. The molecule has 4 nitrogen and oxygen atoms in total. The highest BCUT2D eigenvalue weighted by molar-refractivity contribution is 6.35. The van der Waals surface area contributed by atoms with Crippen molar-refractivity contribution in [3.63, 3.8) is 0 Å². The van der Waals surface area contributed by atoms with Gasteiger partial charge in [0.05, 0.1) is 16.8 Å². The highest BCUT2D eigenvalue weighted by Gasteiger charge is 2.11. The minimum atomic E-state index is -0.507. The third-order valence-corrected chi connectivity index (χ3v) is 2.78. The van der Waals surface area contributed by atoms with Crippen LogP contribution in [0.15, 0.2) is 18.2 Å². The Kier molecular flexibility index (Phi) is 5.76. The number of benzene rings is 1. The molecule has 0 aliphatic rings. The van der Waals surface area contributed by atoms with Crippen LogP contribution in [0.2, 0.25) is 10.0 Å². The second-order valence-electron chi connectivity index (χ2n) is 3.69. The Bertz CT molecular complexity index is 471. The zero-order chi connectivity index (χ0) is 13.5. The number of nitrogens with one attached hydrogen (secondary N) is 2.